The van der Waals surface area contributed by atoms with Crippen LogP contribution in [0.15, 0.2) is 60.7 Å². The number of aliphatic hydroxyl groups excluding tert-OH is 1. The maximum absolute atomic E-state index is 7.99. The van der Waals surface area contributed by atoms with Gasteiger partial charge in [-0.1, -0.05) is 60.7 Å². The third-order valence-corrected chi connectivity index (χ3v) is 2.24. The Morgan fingerprint density at radius 1 is 0.765 bits per heavy atom. The van der Waals surface area contributed by atoms with Crippen molar-refractivity contribution in [3.05, 3.63) is 60.7 Å². The molecule has 0 saturated heterocycles. The van der Waals surface area contributed by atoms with E-state index < -0.39 is 0 Å². The van der Waals surface area contributed by atoms with Gasteiger partial charge in [-0.3, -0.25) is 0 Å². The lowest BCUT2D eigenvalue weighted by atomic mass is 10.1. The van der Waals surface area contributed by atoms with Crippen molar-refractivity contribution in [2.24, 2.45) is 5.73 Å². The molecule has 3 N–H and O–H groups in total. The van der Waals surface area contributed by atoms with Gasteiger partial charge in [-0.2, -0.15) is 0 Å². The number of aliphatic hydroxyl groups is 1. The van der Waals surface area contributed by atoms with Gasteiger partial charge in [0, 0.05) is 6.61 Å². The van der Waals surface area contributed by atoms with Gasteiger partial charge in [-0.05, 0) is 24.1 Å². The van der Waals surface area contributed by atoms with E-state index in [-0.39, 0.29) is 6.61 Å². The summed E-state index contributed by atoms with van der Waals surface area (Å²) >= 11 is 0. The van der Waals surface area contributed by atoms with Crippen LogP contribution in [-0.4, -0.2) is 18.3 Å². The van der Waals surface area contributed by atoms with Crippen LogP contribution in [0.4, 0.5) is 0 Å². The molecule has 90 valence electrons. The number of hydrogen-bond donors (Lipinski definition) is 2. The first-order valence-electron chi connectivity index (χ1n) is 5.80. The van der Waals surface area contributed by atoms with Crippen LogP contribution in [0.25, 0.3) is 11.1 Å². The highest BCUT2D eigenvalue weighted by molar-refractivity contribution is 5.62. The van der Waals surface area contributed by atoms with Crippen molar-refractivity contribution < 1.29 is 5.11 Å². The van der Waals surface area contributed by atoms with E-state index in [0.29, 0.717) is 6.54 Å². The van der Waals surface area contributed by atoms with Crippen LogP contribution in [0.1, 0.15) is 6.42 Å². The second kappa shape index (κ2) is 8.50. The maximum atomic E-state index is 7.99. The molecule has 0 unspecified atom stereocenters. The van der Waals surface area contributed by atoms with Gasteiger partial charge in [0.15, 0.2) is 0 Å². The number of benzene rings is 2. The lowest BCUT2D eigenvalue weighted by Gasteiger charge is -1.98. The molecule has 2 rings (SSSR count). The lowest BCUT2D eigenvalue weighted by Crippen LogP contribution is -1.99. The molecule has 0 saturated carbocycles. The number of rotatable bonds is 3. The zero-order valence-corrected chi connectivity index (χ0v) is 9.92. The first-order chi connectivity index (χ1) is 8.38. The fourth-order valence-electron chi connectivity index (χ4n) is 1.35. The summed E-state index contributed by atoms with van der Waals surface area (Å²) in [7, 11) is 0. The van der Waals surface area contributed by atoms with E-state index in [4.69, 9.17) is 10.8 Å². The molecule has 2 aromatic carbocycles. The largest absolute Gasteiger partial charge is 0.396 e. The van der Waals surface area contributed by atoms with E-state index in [2.05, 4.69) is 48.5 Å². The highest BCUT2D eigenvalue weighted by Gasteiger charge is 1.91. The molecule has 0 aliphatic heterocycles. The molecule has 0 bridgehead atoms. The fraction of sp³-hybridized carbons (Fsp3) is 0.200. The second-order valence-electron chi connectivity index (χ2n) is 3.60. The van der Waals surface area contributed by atoms with Gasteiger partial charge in [-0.25, -0.2) is 0 Å². The third kappa shape index (κ3) is 5.29. The van der Waals surface area contributed by atoms with Gasteiger partial charge < -0.3 is 10.8 Å². The van der Waals surface area contributed by atoms with E-state index in [1.54, 1.807) is 0 Å². The molecule has 0 aliphatic rings. The smallest absolute Gasteiger partial charge is 0.0443 e. The standard InChI is InChI=1S/C12H10.C3H9NO/c1-3-7-11(8-4-1)12-9-5-2-6-10-12;4-2-1-3-5/h1-10H;5H,1-4H2. The predicted octanol–water partition coefficient (Wildman–Crippen LogP) is 2.68. The van der Waals surface area contributed by atoms with Crippen LogP contribution in [-0.2, 0) is 0 Å². The molecule has 0 aromatic heterocycles. The van der Waals surface area contributed by atoms with Gasteiger partial charge in [0.2, 0.25) is 0 Å². The van der Waals surface area contributed by atoms with E-state index in [1.165, 1.54) is 11.1 Å². The molecule has 17 heavy (non-hydrogen) atoms. The van der Waals surface area contributed by atoms with E-state index in [1.807, 2.05) is 12.1 Å². The van der Waals surface area contributed by atoms with Crippen molar-refractivity contribution in [2.45, 2.75) is 6.42 Å². The van der Waals surface area contributed by atoms with Crippen molar-refractivity contribution in [1.82, 2.24) is 0 Å². The first kappa shape index (κ1) is 13.4. The Bertz CT molecular complexity index is 347. The predicted molar refractivity (Wildman–Crippen MR) is 72.6 cm³/mol. The summed E-state index contributed by atoms with van der Waals surface area (Å²) in [5, 5.41) is 7.99. The van der Waals surface area contributed by atoms with Gasteiger partial charge in [0.05, 0.1) is 0 Å². The van der Waals surface area contributed by atoms with Gasteiger partial charge >= 0.3 is 0 Å². The highest BCUT2D eigenvalue weighted by atomic mass is 16.2. The average Bonchev–Trinajstić information content (AvgIpc) is 2.42. The molecule has 2 nitrogen and oxygen atoms in total. The van der Waals surface area contributed by atoms with Crippen LogP contribution in [0.5, 0.6) is 0 Å². The van der Waals surface area contributed by atoms with Crippen LogP contribution in [0, 0.1) is 0 Å². The maximum Gasteiger partial charge on any atom is 0.0443 e. The van der Waals surface area contributed by atoms with Gasteiger partial charge in [-0.15, -0.1) is 0 Å². The molecule has 0 fully saturated rings. The summed E-state index contributed by atoms with van der Waals surface area (Å²) in [6.45, 7) is 0.812. The van der Waals surface area contributed by atoms with Gasteiger partial charge in [0.25, 0.3) is 0 Å². The molecule has 0 amide bonds. The molecular formula is C15H19NO. The Hall–Kier alpha value is -1.64. The van der Waals surface area contributed by atoms with Crippen LogP contribution < -0.4 is 5.73 Å². The summed E-state index contributed by atoms with van der Waals surface area (Å²) in [6, 6.07) is 20.8. The Morgan fingerprint density at radius 3 is 1.41 bits per heavy atom. The van der Waals surface area contributed by atoms with Crippen molar-refractivity contribution in [1.29, 1.82) is 0 Å². The highest BCUT2D eigenvalue weighted by Crippen LogP contribution is 2.17. The summed E-state index contributed by atoms with van der Waals surface area (Å²) in [4.78, 5) is 0. The Kier molecular flexibility index (Phi) is 6.72. The number of nitrogens with two attached hydrogens (primary N) is 1. The molecule has 0 spiro atoms. The minimum Gasteiger partial charge on any atom is -0.396 e. The first-order valence-corrected chi connectivity index (χ1v) is 5.80. The van der Waals surface area contributed by atoms with Crippen molar-refractivity contribution in [2.75, 3.05) is 13.2 Å². The van der Waals surface area contributed by atoms with Crippen molar-refractivity contribution in [3.63, 3.8) is 0 Å². The van der Waals surface area contributed by atoms with E-state index in [0.717, 1.165) is 6.42 Å². The summed E-state index contributed by atoms with van der Waals surface area (Å²) in [5.74, 6) is 0. The quantitative estimate of drug-likeness (QED) is 0.850. The topological polar surface area (TPSA) is 46.2 Å². The monoisotopic (exact) mass is 229 g/mol. The van der Waals surface area contributed by atoms with E-state index >= 15 is 0 Å². The van der Waals surface area contributed by atoms with Gasteiger partial charge in [0.1, 0.15) is 0 Å². The Balaban J connectivity index is 0.000000249. The Labute approximate surface area is 103 Å². The van der Waals surface area contributed by atoms with Crippen LogP contribution in [0.3, 0.4) is 0 Å². The fourth-order valence-corrected chi connectivity index (χ4v) is 1.35. The molecule has 2 heteroatoms. The third-order valence-electron chi connectivity index (χ3n) is 2.24. The molecule has 2 aromatic rings. The van der Waals surface area contributed by atoms with Crippen molar-refractivity contribution in [3.8, 4) is 11.1 Å². The minimum absolute atomic E-state index is 0.219. The molecule has 0 radical (unpaired) electrons. The van der Waals surface area contributed by atoms with Crippen molar-refractivity contribution >= 4 is 0 Å². The average molecular weight is 229 g/mol. The SMILES string of the molecule is NCCCO.c1ccc(-c2ccccc2)cc1. The van der Waals surface area contributed by atoms with E-state index in [9.17, 15) is 0 Å². The molecule has 0 aliphatic carbocycles. The summed E-state index contributed by atoms with van der Waals surface area (Å²) in [5.41, 5.74) is 7.53. The zero-order chi connectivity index (χ0) is 12.3. The normalized spacial score (nSPS) is 9.29. The van der Waals surface area contributed by atoms with Crippen LogP contribution in [0.2, 0.25) is 0 Å². The molecule has 0 atom stereocenters. The summed E-state index contributed by atoms with van der Waals surface area (Å²) < 4.78 is 0. The second-order valence-corrected chi connectivity index (χ2v) is 3.60. The molecule has 0 heterocycles. The Morgan fingerprint density at radius 2 is 1.18 bits per heavy atom. The molecular weight excluding hydrogens is 210 g/mol. The lowest BCUT2D eigenvalue weighted by molar-refractivity contribution is 0.291. The minimum atomic E-state index is 0.219. The summed E-state index contributed by atoms with van der Waals surface area (Å²) in [6.07, 6.45) is 0.722. The van der Waals surface area contributed by atoms with Crippen LogP contribution >= 0.6 is 0 Å². The zero-order valence-electron chi connectivity index (χ0n) is 9.92. The number of hydrogen-bond acceptors (Lipinski definition) is 2.